The lowest BCUT2D eigenvalue weighted by Gasteiger charge is -2.14. The molecule has 0 radical (unpaired) electrons. The fourth-order valence-corrected chi connectivity index (χ4v) is 2.69. The van der Waals surface area contributed by atoms with Gasteiger partial charge in [0.1, 0.15) is 5.01 Å². The molecule has 1 heterocycles. The number of nitrogens with one attached hydrogen (secondary N) is 2. The van der Waals surface area contributed by atoms with Gasteiger partial charge in [0.25, 0.3) is 5.91 Å². The van der Waals surface area contributed by atoms with Gasteiger partial charge in [-0.25, -0.2) is 4.98 Å². The second-order valence-electron chi connectivity index (χ2n) is 4.72. The predicted octanol–water partition coefficient (Wildman–Crippen LogP) is 2.54. The Bertz CT molecular complexity index is 623. The Morgan fingerprint density at radius 1 is 1.40 bits per heavy atom. The normalized spacial score (nSPS) is 12.0. The zero-order chi connectivity index (χ0) is 14.7. The molecular formula is C14H18N4OS. The van der Waals surface area contributed by atoms with Gasteiger partial charge < -0.3 is 10.7 Å². The number of carbonyl (C=O) groups excluding carboxylic acids is 1. The summed E-state index contributed by atoms with van der Waals surface area (Å²) < 4.78 is 0. The Labute approximate surface area is 122 Å². The molecule has 0 bridgehead atoms. The van der Waals surface area contributed by atoms with Gasteiger partial charge in [-0.15, -0.1) is 11.3 Å². The van der Waals surface area contributed by atoms with Crippen LogP contribution in [0.4, 0.5) is 5.69 Å². The van der Waals surface area contributed by atoms with Gasteiger partial charge in [0, 0.05) is 11.1 Å². The van der Waals surface area contributed by atoms with E-state index in [4.69, 9.17) is 5.84 Å². The van der Waals surface area contributed by atoms with Crippen LogP contribution < -0.4 is 16.6 Å². The first-order valence-electron chi connectivity index (χ1n) is 6.31. The van der Waals surface area contributed by atoms with Crippen LogP contribution in [0, 0.1) is 13.8 Å². The lowest BCUT2D eigenvalue weighted by Crippen LogP contribution is -2.28. The van der Waals surface area contributed by atoms with E-state index in [1.165, 1.54) is 0 Å². The van der Waals surface area contributed by atoms with Gasteiger partial charge in [0.05, 0.1) is 17.3 Å². The maximum Gasteiger partial charge on any atom is 0.253 e. The SMILES string of the molecule is Cc1ccc(C(=O)NC(C)c2nc(C)cs2)c(NN)c1. The average molecular weight is 290 g/mol. The van der Waals surface area contributed by atoms with Crippen LogP contribution in [-0.2, 0) is 0 Å². The Morgan fingerprint density at radius 3 is 2.75 bits per heavy atom. The van der Waals surface area contributed by atoms with E-state index in [2.05, 4.69) is 15.7 Å². The molecule has 0 spiro atoms. The first-order chi connectivity index (χ1) is 9.51. The molecule has 1 atom stereocenters. The molecule has 2 rings (SSSR count). The average Bonchev–Trinajstić information content (AvgIpc) is 2.85. The minimum absolute atomic E-state index is 0.131. The molecule has 1 aromatic carbocycles. The van der Waals surface area contributed by atoms with E-state index in [0.717, 1.165) is 16.3 Å². The summed E-state index contributed by atoms with van der Waals surface area (Å²) in [5.74, 6) is 5.29. The van der Waals surface area contributed by atoms with Crippen LogP contribution in [0.15, 0.2) is 23.6 Å². The lowest BCUT2D eigenvalue weighted by atomic mass is 10.1. The fraction of sp³-hybridized carbons (Fsp3) is 0.286. The van der Waals surface area contributed by atoms with Gasteiger partial charge in [0.15, 0.2) is 0 Å². The van der Waals surface area contributed by atoms with Gasteiger partial charge in [-0.05, 0) is 38.5 Å². The molecule has 106 valence electrons. The Balaban J connectivity index is 2.16. The number of nitrogen functional groups attached to an aromatic ring is 1. The maximum atomic E-state index is 12.3. The number of anilines is 1. The third-order valence-electron chi connectivity index (χ3n) is 2.93. The molecule has 2 aromatic rings. The Hall–Kier alpha value is -1.92. The van der Waals surface area contributed by atoms with E-state index in [-0.39, 0.29) is 11.9 Å². The van der Waals surface area contributed by atoms with Gasteiger partial charge in [-0.1, -0.05) is 6.07 Å². The molecule has 6 heteroatoms. The summed E-state index contributed by atoms with van der Waals surface area (Å²) >= 11 is 1.54. The highest BCUT2D eigenvalue weighted by molar-refractivity contribution is 7.09. The topological polar surface area (TPSA) is 80.0 Å². The molecular weight excluding hydrogens is 272 g/mol. The summed E-state index contributed by atoms with van der Waals surface area (Å²) in [6, 6.07) is 5.36. The van der Waals surface area contributed by atoms with Crippen molar-refractivity contribution in [1.82, 2.24) is 10.3 Å². The molecule has 4 N–H and O–H groups in total. The van der Waals surface area contributed by atoms with E-state index in [0.29, 0.717) is 11.3 Å². The molecule has 0 aliphatic heterocycles. The number of aryl methyl sites for hydroxylation is 2. The monoisotopic (exact) mass is 290 g/mol. The highest BCUT2D eigenvalue weighted by atomic mass is 32.1. The molecule has 5 nitrogen and oxygen atoms in total. The van der Waals surface area contributed by atoms with Crippen molar-refractivity contribution >= 4 is 22.9 Å². The van der Waals surface area contributed by atoms with E-state index in [9.17, 15) is 4.79 Å². The number of hydrogen-bond donors (Lipinski definition) is 3. The Kier molecular flexibility index (Phi) is 4.36. The van der Waals surface area contributed by atoms with Crippen LogP contribution >= 0.6 is 11.3 Å². The number of carbonyl (C=O) groups is 1. The van der Waals surface area contributed by atoms with Crippen molar-refractivity contribution < 1.29 is 4.79 Å². The highest BCUT2D eigenvalue weighted by Crippen LogP contribution is 2.20. The van der Waals surface area contributed by atoms with Gasteiger partial charge >= 0.3 is 0 Å². The third-order valence-corrected chi connectivity index (χ3v) is 4.08. The molecule has 0 saturated carbocycles. The van der Waals surface area contributed by atoms with Crippen molar-refractivity contribution in [2.24, 2.45) is 5.84 Å². The molecule has 1 amide bonds. The van der Waals surface area contributed by atoms with Crippen molar-refractivity contribution in [2.75, 3.05) is 5.43 Å². The summed E-state index contributed by atoms with van der Waals surface area (Å²) in [5.41, 5.74) is 5.71. The number of nitrogens with two attached hydrogens (primary N) is 1. The van der Waals surface area contributed by atoms with Crippen LogP contribution in [0.2, 0.25) is 0 Å². The number of hydrogen-bond acceptors (Lipinski definition) is 5. The van der Waals surface area contributed by atoms with Crippen molar-refractivity contribution in [3.05, 3.63) is 45.4 Å². The van der Waals surface area contributed by atoms with Crippen molar-refractivity contribution in [3.8, 4) is 0 Å². The van der Waals surface area contributed by atoms with Crippen LogP contribution in [0.3, 0.4) is 0 Å². The number of rotatable bonds is 4. The zero-order valence-corrected chi connectivity index (χ0v) is 12.5. The Morgan fingerprint density at radius 2 is 2.15 bits per heavy atom. The summed E-state index contributed by atoms with van der Waals surface area (Å²) in [7, 11) is 0. The summed E-state index contributed by atoms with van der Waals surface area (Å²) in [4.78, 5) is 16.7. The molecule has 0 saturated heterocycles. The predicted molar refractivity (Wildman–Crippen MR) is 81.7 cm³/mol. The second-order valence-corrected chi connectivity index (χ2v) is 5.61. The van der Waals surface area contributed by atoms with Crippen LogP contribution in [0.5, 0.6) is 0 Å². The smallest absolute Gasteiger partial charge is 0.253 e. The summed E-state index contributed by atoms with van der Waals surface area (Å²) in [5, 5.41) is 5.80. The van der Waals surface area contributed by atoms with Crippen molar-refractivity contribution in [1.29, 1.82) is 0 Å². The first kappa shape index (κ1) is 14.5. The zero-order valence-electron chi connectivity index (χ0n) is 11.7. The summed E-state index contributed by atoms with van der Waals surface area (Å²) in [6.45, 7) is 5.80. The minimum atomic E-state index is -0.168. The number of amides is 1. The molecule has 0 fully saturated rings. The maximum absolute atomic E-state index is 12.3. The standard InChI is InChI=1S/C14H18N4OS/c1-8-4-5-11(12(6-8)18-15)13(19)17-10(3)14-16-9(2)7-20-14/h4-7,10,18H,15H2,1-3H3,(H,17,19). The van der Waals surface area contributed by atoms with Crippen molar-refractivity contribution in [2.45, 2.75) is 26.8 Å². The summed E-state index contributed by atoms with van der Waals surface area (Å²) in [6.07, 6.45) is 0. The van der Waals surface area contributed by atoms with Crippen molar-refractivity contribution in [3.63, 3.8) is 0 Å². The number of hydrazine groups is 1. The largest absolute Gasteiger partial charge is 0.343 e. The number of benzene rings is 1. The fourth-order valence-electron chi connectivity index (χ4n) is 1.88. The quantitative estimate of drug-likeness (QED) is 0.597. The molecule has 0 aliphatic carbocycles. The van der Waals surface area contributed by atoms with Gasteiger partial charge in [-0.3, -0.25) is 10.6 Å². The van der Waals surface area contributed by atoms with E-state index in [1.54, 1.807) is 17.4 Å². The second kappa shape index (κ2) is 6.02. The van der Waals surface area contributed by atoms with E-state index in [1.807, 2.05) is 38.3 Å². The molecule has 1 unspecified atom stereocenters. The first-order valence-corrected chi connectivity index (χ1v) is 7.19. The molecule has 1 aromatic heterocycles. The van der Waals surface area contributed by atoms with E-state index < -0.39 is 0 Å². The molecule has 20 heavy (non-hydrogen) atoms. The van der Waals surface area contributed by atoms with Crippen LogP contribution in [-0.4, -0.2) is 10.9 Å². The van der Waals surface area contributed by atoms with Crippen LogP contribution in [0.1, 0.15) is 39.6 Å². The highest BCUT2D eigenvalue weighted by Gasteiger charge is 2.16. The van der Waals surface area contributed by atoms with Crippen LogP contribution in [0.25, 0.3) is 0 Å². The number of thiazole rings is 1. The lowest BCUT2D eigenvalue weighted by molar-refractivity contribution is 0.0940. The number of nitrogens with zero attached hydrogens (tertiary/aromatic N) is 1. The van der Waals surface area contributed by atoms with Gasteiger partial charge in [0.2, 0.25) is 0 Å². The van der Waals surface area contributed by atoms with Gasteiger partial charge in [-0.2, -0.15) is 0 Å². The molecule has 0 aliphatic rings. The number of aromatic nitrogens is 1. The van der Waals surface area contributed by atoms with E-state index >= 15 is 0 Å². The minimum Gasteiger partial charge on any atom is -0.343 e. The third kappa shape index (κ3) is 3.15.